The van der Waals surface area contributed by atoms with Crippen molar-refractivity contribution in [1.29, 1.82) is 0 Å². The van der Waals surface area contributed by atoms with Crippen LogP contribution >= 0.6 is 0 Å². The van der Waals surface area contributed by atoms with Crippen molar-refractivity contribution in [2.24, 2.45) is 0 Å². The van der Waals surface area contributed by atoms with Crippen LogP contribution in [0, 0.1) is 6.92 Å². The Morgan fingerprint density at radius 2 is 1.47 bits per heavy atom. The molecule has 0 saturated heterocycles. The smallest absolute Gasteiger partial charge is 0.416 e. The lowest BCUT2D eigenvalue weighted by Gasteiger charge is -2.09. The number of hydrogen-bond acceptors (Lipinski definition) is 1. The Morgan fingerprint density at radius 3 is 1.82 bits per heavy atom. The Morgan fingerprint density at radius 1 is 1.00 bits per heavy atom. The molecule has 0 aliphatic heterocycles. The third kappa shape index (κ3) is 6.19. The molecule has 17 heavy (non-hydrogen) atoms. The zero-order chi connectivity index (χ0) is 14.1. The van der Waals surface area contributed by atoms with E-state index in [0.29, 0.717) is 5.56 Å². The topological polar surface area (TPSA) is 9.23 Å². The molecule has 0 fully saturated rings. The molecule has 0 aromatic heterocycles. The van der Waals surface area contributed by atoms with Gasteiger partial charge < -0.3 is 4.74 Å². The monoisotopic (exact) mass is 250 g/mol. The Balaban J connectivity index is 0. The third-order valence-electron chi connectivity index (χ3n) is 1.74. The maximum atomic E-state index is 12.2. The second kappa shape index (κ2) is 8.90. The molecule has 0 atom stereocenters. The Bertz CT molecular complexity index is 306. The van der Waals surface area contributed by atoms with Gasteiger partial charge in [-0.3, -0.25) is 0 Å². The number of ether oxygens (including phenoxy) is 1. The van der Waals surface area contributed by atoms with Crippen molar-refractivity contribution in [3.05, 3.63) is 29.3 Å². The molecule has 0 N–H and O–H groups in total. The second-order valence-electron chi connectivity index (χ2n) is 2.68. The van der Waals surface area contributed by atoms with Crippen LogP contribution in [0.1, 0.15) is 38.8 Å². The summed E-state index contributed by atoms with van der Waals surface area (Å²) in [6.07, 6.45) is -4.30. The minimum absolute atomic E-state index is 0.259. The van der Waals surface area contributed by atoms with E-state index in [2.05, 4.69) is 0 Å². The highest BCUT2D eigenvalue weighted by Crippen LogP contribution is 2.32. The number of benzene rings is 1. The van der Waals surface area contributed by atoms with Crippen LogP contribution in [0.5, 0.6) is 5.75 Å². The number of alkyl halides is 3. The van der Waals surface area contributed by atoms with Crippen LogP contribution in [-0.4, -0.2) is 7.11 Å². The first-order valence-corrected chi connectivity index (χ1v) is 5.67. The van der Waals surface area contributed by atoms with Gasteiger partial charge in [0.15, 0.2) is 0 Å². The molecule has 1 rings (SSSR count). The van der Waals surface area contributed by atoms with Crippen LogP contribution in [0.4, 0.5) is 13.2 Å². The lowest BCUT2D eigenvalue weighted by atomic mass is 10.1. The van der Waals surface area contributed by atoms with Crippen molar-refractivity contribution >= 4 is 0 Å². The molecule has 0 spiro atoms. The average Bonchev–Trinajstić information content (AvgIpc) is 2.33. The van der Waals surface area contributed by atoms with Gasteiger partial charge in [0.1, 0.15) is 5.75 Å². The molecule has 0 unspecified atom stereocenters. The van der Waals surface area contributed by atoms with Crippen molar-refractivity contribution in [2.75, 3.05) is 7.11 Å². The number of rotatable bonds is 1. The average molecular weight is 250 g/mol. The lowest BCUT2D eigenvalue weighted by molar-refractivity contribution is -0.137. The number of aryl methyl sites for hydroxylation is 1. The number of halogens is 3. The first kappa shape index (κ1) is 18.2. The van der Waals surface area contributed by atoms with Gasteiger partial charge in [0, 0.05) is 0 Å². The molecular weight excluding hydrogens is 229 g/mol. The van der Waals surface area contributed by atoms with E-state index in [1.807, 2.05) is 27.7 Å². The molecule has 1 aromatic rings. The fraction of sp³-hybridized carbons (Fsp3) is 0.538. The van der Waals surface area contributed by atoms with E-state index in [4.69, 9.17) is 4.74 Å². The zero-order valence-corrected chi connectivity index (χ0v) is 11.3. The summed E-state index contributed by atoms with van der Waals surface area (Å²) < 4.78 is 41.3. The zero-order valence-electron chi connectivity index (χ0n) is 11.3. The third-order valence-corrected chi connectivity index (χ3v) is 1.74. The second-order valence-corrected chi connectivity index (χ2v) is 2.68. The van der Waals surface area contributed by atoms with E-state index in [0.717, 1.165) is 12.1 Å². The SMILES string of the molecule is CC.CC.COc1cc(C(F)(F)F)ccc1C. The number of methoxy groups -OCH3 is 1. The van der Waals surface area contributed by atoms with Gasteiger partial charge in [0.05, 0.1) is 12.7 Å². The van der Waals surface area contributed by atoms with Crippen LogP contribution in [-0.2, 0) is 6.18 Å². The van der Waals surface area contributed by atoms with Crippen molar-refractivity contribution in [1.82, 2.24) is 0 Å². The maximum Gasteiger partial charge on any atom is 0.416 e. The molecule has 0 bridgehead atoms. The standard InChI is InChI=1S/C9H9F3O.2C2H6/c1-6-3-4-7(9(10,11)12)5-8(6)13-2;2*1-2/h3-5H,1-2H3;2*1-2H3. The summed E-state index contributed by atoms with van der Waals surface area (Å²) in [7, 11) is 1.35. The van der Waals surface area contributed by atoms with Gasteiger partial charge in [-0.25, -0.2) is 0 Å². The number of hydrogen-bond donors (Lipinski definition) is 0. The van der Waals surface area contributed by atoms with Gasteiger partial charge in [0.25, 0.3) is 0 Å². The minimum Gasteiger partial charge on any atom is -0.496 e. The molecule has 0 aliphatic carbocycles. The van der Waals surface area contributed by atoms with E-state index in [9.17, 15) is 13.2 Å². The first-order valence-electron chi connectivity index (χ1n) is 5.67. The molecule has 0 aliphatic rings. The largest absolute Gasteiger partial charge is 0.496 e. The van der Waals surface area contributed by atoms with E-state index < -0.39 is 11.7 Å². The van der Waals surface area contributed by atoms with Gasteiger partial charge in [-0.05, 0) is 24.6 Å². The highest BCUT2D eigenvalue weighted by atomic mass is 19.4. The normalized spacial score (nSPS) is 9.47. The molecule has 1 aromatic carbocycles. The first-order chi connectivity index (χ1) is 7.95. The van der Waals surface area contributed by atoms with Crippen LogP contribution in [0.3, 0.4) is 0 Å². The molecule has 0 saturated carbocycles. The highest BCUT2D eigenvalue weighted by molar-refractivity contribution is 5.37. The van der Waals surface area contributed by atoms with Crippen molar-refractivity contribution in [3.63, 3.8) is 0 Å². The fourth-order valence-electron chi connectivity index (χ4n) is 0.996. The van der Waals surface area contributed by atoms with Crippen molar-refractivity contribution in [3.8, 4) is 5.75 Å². The molecule has 4 heteroatoms. The van der Waals surface area contributed by atoms with Crippen LogP contribution in [0.15, 0.2) is 18.2 Å². The Kier molecular flexibility index (Phi) is 9.52. The predicted octanol–water partition coefficient (Wildman–Crippen LogP) is 5.07. The van der Waals surface area contributed by atoms with Crippen LogP contribution < -0.4 is 4.74 Å². The van der Waals surface area contributed by atoms with Gasteiger partial charge in [0.2, 0.25) is 0 Å². The molecule has 0 amide bonds. The van der Waals surface area contributed by atoms with Gasteiger partial charge in [-0.15, -0.1) is 0 Å². The van der Waals surface area contributed by atoms with Gasteiger partial charge >= 0.3 is 6.18 Å². The predicted molar refractivity (Wildman–Crippen MR) is 65.4 cm³/mol. The summed E-state index contributed by atoms with van der Waals surface area (Å²) in [5.74, 6) is 0.259. The van der Waals surface area contributed by atoms with Crippen LogP contribution in [0.25, 0.3) is 0 Å². The van der Waals surface area contributed by atoms with Crippen LogP contribution in [0.2, 0.25) is 0 Å². The summed E-state index contributed by atoms with van der Waals surface area (Å²) in [6, 6.07) is 3.43. The summed E-state index contributed by atoms with van der Waals surface area (Å²) >= 11 is 0. The molecule has 1 nitrogen and oxygen atoms in total. The highest BCUT2D eigenvalue weighted by Gasteiger charge is 2.30. The van der Waals surface area contributed by atoms with E-state index >= 15 is 0 Å². The maximum absolute atomic E-state index is 12.2. The van der Waals surface area contributed by atoms with Crippen molar-refractivity contribution in [2.45, 2.75) is 40.8 Å². The molecule has 100 valence electrons. The molecular formula is C13H21F3O. The van der Waals surface area contributed by atoms with Gasteiger partial charge in [-0.2, -0.15) is 13.2 Å². The van der Waals surface area contributed by atoms with E-state index in [1.54, 1.807) is 6.92 Å². The summed E-state index contributed by atoms with van der Waals surface area (Å²) in [4.78, 5) is 0. The Labute approximate surface area is 102 Å². The summed E-state index contributed by atoms with van der Waals surface area (Å²) in [6.45, 7) is 9.69. The van der Waals surface area contributed by atoms with Crippen molar-refractivity contribution < 1.29 is 17.9 Å². The molecule has 0 radical (unpaired) electrons. The van der Waals surface area contributed by atoms with E-state index in [1.165, 1.54) is 13.2 Å². The lowest BCUT2D eigenvalue weighted by Crippen LogP contribution is -2.05. The fourth-order valence-corrected chi connectivity index (χ4v) is 0.996. The van der Waals surface area contributed by atoms with E-state index in [-0.39, 0.29) is 5.75 Å². The summed E-state index contributed by atoms with van der Waals surface area (Å²) in [5.41, 5.74) is 0.00505. The molecule has 0 heterocycles. The minimum atomic E-state index is -4.30. The van der Waals surface area contributed by atoms with Gasteiger partial charge in [-0.1, -0.05) is 33.8 Å². The summed E-state index contributed by atoms with van der Waals surface area (Å²) in [5, 5.41) is 0. The quantitative estimate of drug-likeness (QED) is 0.675. The Hall–Kier alpha value is -1.19.